The van der Waals surface area contributed by atoms with E-state index in [-0.39, 0.29) is 11.9 Å². The van der Waals surface area contributed by atoms with Gasteiger partial charge in [0.15, 0.2) is 0 Å². The molecule has 5 heteroatoms. The Morgan fingerprint density at radius 1 is 1.43 bits per heavy atom. The molecular weight excluding hydrogens is 290 g/mol. The minimum atomic E-state index is -0.771. The smallest absolute Gasteiger partial charge is 0.410 e. The summed E-state index contributed by atoms with van der Waals surface area (Å²) in [7, 11) is 0. The monoisotopic (exact) mass is 311 g/mol. The number of carbonyl (C=O) groups is 1. The molecule has 21 heavy (non-hydrogen) atoms. The molecule has 0 aromatic heterocycles. The lowest BCUT2D eigenvalue weighted by Gasteiger charge is -2.39. The minimum absolute atomic E-state index is 0.0894. The Morgan fingerprint density at radius 2 is 2.05 bits per heavy atom. The zero-order chi connectivity index (χ0) is 15.6. The van der Waals surface area contributed by atoms with E-state index >= 15 is 0 Å². The summed E-state index contributed by atoms with van der Waals surface area (Å²) in [5.74, 6) is 0.0894. The SMILES string of the molecule is CC(C)(C)OC(=O)N1Cc2ccccc2CC1C(O)CCl. The summed E-state index contributed by atoms with van der Waals surface area (Å²) in [6, 6.07) is 7.58. The van der Waals surface area contributed by atoms with Gasteiger partial charge in [-0.25, -0.2) is 4.79 Å². The highest BCUT2D eigenvalue weighted by atomic mass is 35.5. The molecule has 1 aliphatic heterocycles. The van der Waals surface area contributed by atoms with Crippen molar-refractivity contribution in [3.63, 3.8) is 0 Å². The normalized spacial score (nSPS) is 19.9. The van der Waals surface area contributed by atoms with E-state index in [2.05, 4.69) is 0 Å². The number of aliphatic hydroxyl groups is 1. The average Bonchev–Trinajstić information content (AvgIpc) is 2.43. The molecule has 2 rings (SSSR count). The van der Waals surface area contributed by atoms with Gasteiger partial charge in [0.25, 0.3) is 0 Å². The first kappa shape index (κ1) is 16.1. The van der Waals surface area contributed by atoms with Gasteiger partial charge in [-0.05, 0) is 38.3 Å². The Bertz CT molecular complexity index is 512. The minimum Gasteiger partial charge on any atom is -0.444 e. The van der Waals surface area contributed by atoms with Crippen molar-refractivity contribution in [2.45, 2.75) is 51.5 Å². The molecule has 1 aliphatic rings. The summed E-state index contributed by atoms with van der Waals surface area (Å²) in [5, 5.41) is 10.1. The first-order chi connectivity index (χ1) is 9.81. The maximum atomic E-state index is 12.4. The standard InChI is InChI=1S/C16H22ClNO3/c1-16(2,3)21-15(20)18-10-12-7-5-4-6-11(12)8-13(18)14(19)9-17/h4-7,13-14,19H,8-10H2,1-3H3. The maximum Gasteiger partial charge on any atom is 0.410 e. The van der Waals surface area contributed by atoms with Gasteiger partial charge in [-0.1, -0.05) is 24.3 Å². The lowest BCUT2D eigenvalue weighted by molar-refractivity contribution is -0.00782. The number of nitrogens with zero attached hydrogens (tertiary/aromatic N) is 1. The van der Waals surface area contributed by atoms with E-state index in [4.69, 9.17) is 16.3 Å². The number of fused-ring (bicyclic) bond motifs is 1. The van der Waals surface area contributed by atoms with Crippen molar-refractivity contribution in [2.75, 3.05) is 5.88 Å². The number of aliphatic hydroxyl groups excluding tert-OH is 1. The molecule has 0 saturated carbocycles. The van der Waals surface area contributed by atoms with Crippen LogP contribution in [0.3, 0.4) is 0 Å². The lowest BCUT2D eigenvalue weighted by atomic mass is 9.92. The molecule has 1 amide bonds. The van der Waals surface area contributed by atoms with Crippen LogP contribution < -0.4 is 0 Å². The van der Waals surface area contributed by atoms with E-state index in [0.717, 1.165) is 11.1 Å². The summed E-state index contributed by atoms with van der Waals surface area (Å²) >= 11 is 5.79. The highest BCUT2D eigenvalue weighted by Gasteiger charge is 2.36. The quantitative estimate of drug-likeness (QED) is 0.854. The fourth-order valence-electron chi connectivity index (χ4n) is 2.51. The van der Waals surface area contributed by atoms with Crippen LogP contribution in [0.1, 0.15) is 31.9 Å². The molecule has 1 aromatic rings. The van der Waals surface area contributed by atoms with E-state index < -0.39 is 17.8 Å². The molecule has 116 valence electrons. The van der Waals surface area contributed by atoms with E-state index in [0.29, 0.717) is 13.0 Å². The van der Waals surface area contributed by atoms with Crippen LogP contribution in [0.25, 0.3) is 0 Å². The molecule has 4 nitrogen and oxygen atoms in total. The Hall–Kier alpha value is -1.26. The molecule has 2 atom stereocenters. The Kier molecular flexibility index (Phi) is 4.79. The number of benzene rings is 1. The van der Waals surface area contributed by atoms with E-state index in [1.807, 2.05) is 45.0 Å². The number of carbonyl (C=O) groups excluding carboxylic acids is 1. The second-order valence-electron chi connectivity index (χ2n) is 6.37. The first-order valence-corrected chi connectivity index (χ1v) is 7.65. The fourth-order valence-corrected chi connectivity index (χ4v) is 2.72. The Morgan fingerprint density at radius 3 is 2.62 bits per heavy atom. The Labute approximate surface area is 130 Å². The van der Waals surface area contributed by atoms with E-state index in [1.54, 1.807) is 4.90 Å². The number of hydrogen-bond donors (Lipinski definition) is 1. The third kappa shape index (κ3) is 3.89. The zero-order valence-electron chi connectivity index (χ0n) is 12.7. The molecule has 0 bridgehead atoms. The summed E-state index contributed by atoms with van der Waals surface area (Å²) in [4.78, 5) is 14.0. The van der Waals surface area contributed by atoms with Gasteiger partial charge in [0.1, 0.15) is 5.60 Å². The largest absolute Gasteiger partial charge is 0.444 e. The Balaban J connectivity index is 2.26. The highest BCUT2D eigenvalue weighted by Crippen LogP contribution is 2.27. The molecule has 0 saturated heterocycles. The van der Waals surface area contributed by atoms with E-state index in [1.165, 1.54) is 0 Å². The van der Waals surface area contributed by atoms with Crippen LogP contribution in [0.4, 0.5) is 4.79 Å². The van der Waals surface area contributed by atoms with Crippen LogP contribution in [-0.2, 0) is 17.7 Å². The van der Waals surface area contributed by atoms with Crippen molar-refractivity contribution >= 4 is 17.7 Å². The predicted octanol–water partition coefficient (Wildman–Crippen LogP) is 2.95. The second-order valence-corrected chi connectivity index (χ2v) is 6.68. The van der Waals surface area contributed by atoms with Gasteiger partial charge < -0.3 is 9.84 Å². The zero-order valence-corrected chi connectivity index (χ0v) is 13.4. The van der Waals surface area contributed by atoms with Crippen molar-refractivity contribution in [3.8, 4) is 0 Å². The van der Waals surface area contributed by atoms with Gasteiger partial charge in [-0.15, -0.1) is 11.6 Å². The fraction of sp³-hybridized carbons (Fsp3) is 0.562. The van der Waals surface area contributed by atoms with Crippen LogP contribution in [0, 0.1) is 0 Å². The molecule has 0 fully saturated rings. The number of rotatable bonds is 2. The number of hydrogen-bond acceptors (Lipinski definition) is 3. The molecule has 1 heterocycles. The molecule has 2 unspecified atom stereocenters. The molecule has 0 radical (unpaired) electrons. The number of amides is 1. The van der Waals surface area contributed by atoms with E-state index in [9.17, 15) is 9.90 Å². The van der Waals surface area contributed by atoms with Gasteiger partial charge >= 0.3 is 6.09 Å². The van der Waals surface area contributed by atoms with Crippen molar-refractivity contribution < 1.29 is 14.6 Å². The van der Waals surface area contributed by atoms with Crippen LogP contribution in [0.2, 0.25) is 0 Å². The van der Waals surface area contributed by atoms with Crippen LogP contribution in [0.5, 0.6) is 0 Å². The molecule has 1 N–H and O–H groups in total. The average molecular weight is 312 g/mol. The second kappa shape index (κ2) is 6.24. The van der Waals surface area contributed by atoms with Crippen molar-refractivity contribution in [1.29, 1.82) is 0 Å². The number of ether oxygens (including phenoxy) is 1. The van der Waals surface area contributed by atoms with Gasteiger partial charge in [0.2, 0.25) is 0 Å². The van der Waals surface area contributed by atoms with Gasteiger partial charge in [-0.2, -0.15) is 0 Å². The van der Waals surface area contributed by atoms with Gasteiger partial charge in [0.05, 0.1) is 18.0 Å². The first-order valence-electron chi connectivity index (χ1n) is 7.12. The summed E-state index contributed by atoms with van der Waals surface area (Å²) in [6.45, 7) is 5.92. The lowest BCUT2D eigenvalue weighted by Crippen LogP contribution is -2.52. The third-order valence-corrected chi connectivity index (χ3v) is 3.83. The molecule has 0 spiro atoms. The van der Waals surface area contributed by atoms with Crippen molar-refractivity contribution in [1.82, 2.24) is 4.90 Å². The molecule has 1 aromatic carbocycles. The number of halogens is 1. The van der Waals surface area contributed by atoms with Crippen molar-refractivity contribution in [2.24, 2.45) is 0 Å². The molecular formula is C16H22ClNO3. The topological polar surface area (TPSA) is 49.8 Å². The predicted molar refractivity (Wildman–Crippen MR) is 82.4 cm³/mol. The van der Waals surface area contributed by atoms with Crippen LogP contribution in [-0.4, -0.2) is 39.7 Å². The summed E-state index contributed by atoms with van der Waals surface area (Å²) < 4.78 is 5.45. The highest BCUT2D eigenvalue weighted by molar-refractivity contribution is 6.18. The van der Waals surface area contributed by atoms with Gasteiger partial charge in [-0.3, -0.25) is 4.90 Å². The van der Waals surface area contributed by atoms with Crippen LogP contribution in [0.15, 0.2) is 24.3 Å². The van der Waals surface area contributed by atoms with Gasteiger partial charge in [0, 0.05) is 6.54 Å². The summed E-state index contributed by atoms with van der Waals surface area (Å²) in [6.07, 6.45) is -0.595. The third-order valence-electron chi connectivity index (χ3n) is 3.52. The molecule has 0 aliphatic carbocycles. The van der Waals surface area contributed by atoms with Crippen LogP contribution >= 0.6 is 11.6 Å². The maximum absolute atomic E-state index is 12.4. The van der Waals surface area contributed by atoms with Crippen molar-refractivity contribution in [3.05, 3.63) is 35.4 Å². The number of alkyl halides is 1. The summed E-state index contributed by atoms with van der Waals surface area (Å²) in [5.41, 5.74) is 1.66.